The molecule has 1 aromatic carbocycles. The van der Waals surface area contributed by atoms with Crippen LogP contribution in [0.25, 0.3) is 11.5 Å². The summed E-state index contributed by atoms with van der Waals surface area (Å²) < 4.78 is 10.9. The molecule has 23 heavy (non-hydrogen) atoms. The number of rotatable bonds is 3. The molecule has 1 aliphatic heterocycles. The molecule has 0 bridgehead atoms. The van der Waals surface area contributed by atoms with Gasteiger partial charge in [-0.3, -0.25) is 4.79 Å². The average molecular weight is 338 g/mol. The van der Waals surface area contributed by atoms with Gasteiger partial charge in [0.05, 0.1) is 18.4 Å². The maximum Gasteiger partial charge on any atom is 0.244 e. The first-order chi connectivity index (χ1) is 10.6. The van der Waals surface area contributed by atoms with Crippen molar-refractivity contribution in [3.63, 3.8) is 0 Å². The first-order valence-corrected chi connectivity index (χ1v) is 7.32. The molecule has 0 radical (unpaired) electrons. The SMILES string of the molecule is Cc1coc(-c2cccc(NC(=O)[C@H]3NCCO[C@@H]3C)c2)n1.Cl. The summed E-state index contributed by atoms with van der Waals surface area (Å²) in [5.41, 5.74) is 2.35. The van der Waals surface area contributed by atoms with Crippen molar-refractivity contribution in [2.24, 2.45) is 0 Å². The molecule has 1 aromatic heterocycles. The molecule has 1 fully saturated rings. The van der Waals surface area contributed by atoms with E-state index in [2.05, 4.69) is 15.6 Å². The minimum Gasteiger partial charge on any atom is -0.444 e. The highest BCUT2D eigenvalue weighted by molar-refractivity contribution is 5.95. The number of anilines is 1. The zero-order chi connectivity index (χ0) is 15.5. The molecule has 2 aromatic rings. The van der Waals surface area contributed by atoms with E-state index in [1.165, 1.54) is 0 Å². The van der Waals surface area contributed by atoms with E-state index in [9.17, 15) is 4.79 Å². The van der Waals surface area contributed by atoms with Crippen molar-refractivity contribution in [2.45, 2.75) is 26.0 Å². The van der Waals surface area contributed by atoms with Crippen LogP contribution in [0.15, 0.2) is 34.9 Å². The van der Waals surface area contributed by atoms with Crippen LogP contribution in [0.2, 0.25) is 0 Å². The topological polar surface area (TPSA) is 76.4 Å². The quantitative estimate of drug-likeness (QED) is 0.899. The van der Waals surface area contributed by atoms with Crippen LogP contribution in [-0.4, -0.2) is 36.2 Å². The van der Waals surface area contributed by atoms with Crippen molar-refractivity contribution < 1.29 is 13.9 Å². The molecule has 2 heterocycles. The van der Waals surface area contributed by atoms with Crippen molar-refractivity contribution in [1.82, 2.24) is 10.3 Å². The number of benzene rings is 1. The number of amides is 1. The molecule has 7 heteroatoms. The minimum absolute atomic E-state index is 0. The lowest BCUT2D eigenvalue weighted by Crippen LogP contribution is -2.53. The fraction of sp³-hybridized carbons (Fsp3) is 0.375. The first kappa shape index (κ1) is 17.5. The Kier molecular flexibility index (Phi) is 5.76. The lowest BCUT2D eigenvalue weighted by atomic mass is 10.1. The maximum atomic E-state index is 12.3. The summed E-state index contributed by atoms with van der Waals surface area (Å²) in [4.78, 5) is 16.6. The number of morpholine rings is 1. The van der Waals surface area contributed by atoms with Crippen molar-refractivity contribution >= 4 is 24.0 Å². The van der Waals surface area contributed by atoms with E-state index in [0.717, 1.165) is 11.3 Å². The molecule has 0 saturated carbocycles. The fourth-order valence-corrected chi connectivity index (χ4v) is 2.46. The van der Waals surface area contributed by atoms with Gasteiger partial charge in [0.25, 0.3) is 0 Å². The predicted octanol–water partition coefficient (Wildman–Crippen LogP) is 2.39. The Bertz CT molecular complexity index is 674. The Hall–Kier alpha value is -1.89. The molecule has 124 valence electrons. The molecule has 3 rings (SSSR count). The van der Waals surface area contributed by atoms with Crippen LogP contribution in [0.5, 0.6) is 0 Å². The molecule has 2 N–H and O–H groups in total. The van der Waals surface area contributed by atoms with Crippen molar-refractivity contribution in [3.05, 3.63) is 36.2 Å². The number of carbonyl (C=O) groups is 1. The lowest BCUT2D eigenvalue weighted by Gasteiger charge is -2.29. The molecule has 1 amide bonds. The Labute approximate surface area is 141 Å². The largest absolute Gasteiger partial charge is 0.444 e. The van der Waals surface area contributed by atoms with E-state index in [4.69, 9.17) is 9.15 Å². The second-order valence-corrected chi connectivity index (χ2v) is 5.37. The van der Waals surface area contributed by atoms with Crippen LogP contribution in [0.4, 0.5) is 5.69 Å². The standard InChI is InChI=1S/C16H19N3O3.ClH/c1-10-9-22-16(18-10)12-4-3-5-13(8-12)19-15(20)14-11(2)21-7-6-17-14;/h3-5,8-9,11,14,17H,6-7H2,1-2H3,(H,19,20);1H/t11-,14+;/m1./s1. The van der Waals surface area contributed by atoms with Gasteiger partial charge in [-0.1, -0.05) is 6.07 Å². The maximum absolute atomic E-state index is 12.3. The number of hydrogen-bond acceptors (Lipinski definition) is 5. The molecule has 0 aliphatic carbocycles. The zero-order valence-electron chi connectivity index (χ0n) is 13.0. The summed E-state index contributed by atoms with van der Waals surface area (Å²) >= 11 is 0. The van der Waals surface area contributed by atoms with Gasteiger partial charge in [-0.05, 0) is 32.0 Å². The number of halogens is 1. The number of ether oxygens (including phenoxy) is 1. The van der Waals surface area contributed by atoms with Gasteiger partial charge in [0.15, 0.2) is 0 Å². The van der Waals surface area contributed by atoms with E-state index < -0.39 is 0 Å². The molecule has 1 saturated heterocycles. The van der Waals surface area contributed by atoms with Crippen LogP contribution in [-0.2, 0) is 9.53 Å². The number of nitrogens with one attached hydrogen (secondary N) is 2. The number of hydrogen-bond donors (Lipinski definition) is 2. The Morgan fingerprint density at radius 1 is 1.43 bits per heavy atom. The van der Waals surface area contributed by atoms with Gasteiger partial charge in [-0.2, -0.15) is 0 Å². The van der Waals surface area contributed by atoms with Crippen molar-refractivity contribution in [2.75, 3.05) is 18.5 Å². The van der Waals surface area contributed by atoms with Gasteiger partial charge in [-0.15, -0.1) is 12.4 Å². The third-order valence-electron chi connectivity index (χ3n) is 3.60. The monoisotopic (exact) mass is 337 g/mol. The number of nitrogens with zero attached hydrogens (tertiary/aromatic N) is 1. The Morgan fingerprint density at radius 3 is 2.96 bits per heavy atom. The molecule has 1 aliphatic rings. The smallest absolute Gasteiger partial charge is 0.244 e. The van der Waals surface area contributed by atoms with Crippen molar-refractivity contribution in [1.29, 1.82) is 0 Å². The Morgan fingerprint density at radius 2 is 2.26 bits per heavy atom. The third kappa shape index (κ3) is 4.10. The highest BCUT2D eigenvalue weighted by Gasteiger charge is 2.28. The van der Waals surface area contributed by atoms with Gasteiger partial charge in [0, 0.05) is 17.8 Å². The summed E-state index contributed by atoms with van der Waals surface area (Å²) in [5.74, 6) is 0.439. The highest BCUT2D eigenvalue weighted by atomic mass is 35.5. The van der Waals surface area contributed by atoms with Gasteiger partial charge in [-0.25, -0.2) is 4.98 Å². The van der Waals surface area contributed by atoms with Gasteiger partial charge in [0.2, 0.25) is 11.8 Å². The lowest BCUT2D eigenvalue weighted by molar-refractivity contribution is -0.123. The molecule has 0 spiro atoms. The van der Waals surface area contributed by atoms with Gasteiger partial charge >= 0.3 is 0 Å². The van der Waals surface area contributed by atoms with E-state index in [-0.39, 0.29) is 30.5 Å². The number of aromatic nitrogens is 1. The van der Waals surface area contributed by atoms with Crippen LogP contribution in [0, 0.1) is 6.92 Å². The minimum atomic E-state index is -0.346. The van der Waals surface area contributed by atoms with E-state index >= 15 is 0 Å². The molecule has 0 unspecified atom stereocenters. The first-order valence-electron chi connectivity index (χ1n) is 7.32. The average Bonchev–Trinajstić information content (AvgIpc) is 2.94. The summed E-state index contributed by atoms with van der Waals surface area (Å²) in [7, 11) is 0. The second kappa shape index (κ2) is 7.59. The number of carbonyl (C=O) groups excluding carboxylic acids is 1. The second-order valence-electron chi connectivity index (χ2n) is 5.37. The van der Waals surface area contributed by atoms with Gasteiger partial charge < -0.3 is 19.8 Å². The fourth-order valence-electron chi connectivity index (χ4n) is 2.46. The van der Waals surface area contributed by atoms with Crippen LogP contribution in [0.1, 0.15) is 12.6 Å². The highest BCUT2D eigenvalue weighted by Crippen LogP contribution is 2.22. The number of aryl methyl sites for hydroxylation is 1. The molecule has 6 nitrogen and oxygen atoms in total. The predicted molar refractivity (Wildman–Crippen MR) is 89.8 cm³/mol. The van der Waals surface area contributed by atoms with Crippen LogP contribution in [0.3, 0.4) is 0 Å². The van der Waals surface area contributed by atoms with Crippen LogP contribution >= 0.6 is 12.4 Å². The molecular weight excluding hydrogens is 318 g/mol. The molecular formula is C16H20ClN3O3. The van der Waals surface area contributed by atoms with Crippen molar-refractivity contribution in [3.8, 4) is 11.5 Å². The normalized spacial score (nSPS) is 20.6. The van der Waals surface area contributed by atoms with E-state index in [1.807, 2.05) is 38.1 Å². The third-order valence-corrected chi connectivity index (χ3v) is 3.60. The summed E-state index contributed by atoms with van der Waals surface area (Å²) in [6.45, 7) is 5.07. The Balaban J connectivity index is 0.00000192. The summed E-state index contributed by atoms with van der Waals surface area (Å²) in [6.07, 6.45) is 1.46. The van der Waals surface area contributed by atoms with E-state index in [1.54, 1.807) is 6.26 Å². The summed E-state index contributed by atoms with van der Waals surface area (Å²) in [5, 5.41) is 6.08. The van der Waals surface area contributed by atoms with E-state index in [0.29, 0.717) is 24.7 Å². The summed E-state index contributed by atoms with van der Waals surface area (Å²) in [6, 6.07) is 7.09. The van der Waals surface area contributed by atoms with Gasteiger partial charge in [0.1, 0.15) is 12.3 Å². The number of oxazole rings is 1. The van der Waals surface area contributed by atoms with Crippen LogP contribution < -0.4 is 10.6 Å². The zero-order valence-corrected chi connectivity index (χ0v) is 13.9. The molecule has 2 atom stereocenters.